The van der Waals surface area contributed by atoms with Crippen LogP contribution in [-0.4, -0.2) is 30.0 Å². The van der Waals surface area contributed by atoms with Gasteiger partial charge in [-0.3, -0.25) is 14.5 Å². The molecule has 1 atom stereocenters. The zero-order valence-corrected chi connectivity index (χ0v) is 19.1. The number of hydrogen-bond donors (Lipinski definition) is 1. The summed E-state index contributed by atoms with van der Waals surface area (Å²) in [7, 11) is 0. The maximum Gasteiger partial charge on any atom is 0.300 e. The van der Waals surface area contributed by atoms with Gasteiger partial charge in [-0.05, 0) is 55.8 Å². The number of benzene rings is 3. The van der Waals surface area contributed by atoms with Crippen LogP contribution in [0.15, 0.2) is 72.3 Å². The van der Waals surface area contributed by atoms with Crippen LogP contribution >= 0.6 is 0 Å². The third-order valence-electron chi connectivity index (χ3n) is 5.53. The molecule has 1 fully saturated rings. The van der Waals surface area contributed by atoms with Gasteiger partial charge < -0.3 is 14.6 Å². The Balaban J connectivity index is 1.93. The summed E-state index contributed by atoms with van der Waals surface area (Å²) >= 11 is 0. The van der Waals surface area contributed by atoms with Gasteiger partial charge in [0.15, 0.2) is 11.6 Å². The van der Waals surface area contributed by atoms with E-state index in [0.29, 0.717) is 30.3 Å². The van der Waals surface area contributed by atoms with E-state index in [0.717, 1.165) is 17.0 Å². The van der Waals surface area contributed by atoms with Crippen LogP contribution in [0.5, 0.6) is 11.5 Å². The lowest BCUT2D eigenvalue weighted by Crippen LogP contribution is -2.29. The summed E-state index contributed by atoms with van der Waals surface area (Å²) < 4.78 is 38.8. The number of rotatable bonds is 7. The zero-order valence-electron chi connectivity index (χ0n) is 19.1. The summed E-state index contributed by atoms with van der Waals surface area (Å²) in [4.78, 5) is 27.4. The van der Waals surface area contributed by atoms with Crippen LogP contribution in [0, 0.1) is 11.6 Å². The highest BCUT2D eigenvalue weighted by Crippen LogP contribution is 2.43. The third kappa shape index (κ3) is 4.59. The van der Waals surface area contributed by atoms with Crippen LogP contribution in [0.25, 0.3) is 5.76 Å². The van der Waals surface area contributed by atoms with Crippen LogP contribution < -0.4 is 14.4 Å². The number of Topliss-reactive ketones (excluding diaryl/α,β-unsaturated/α-hetero) is 1. The van der Waals surface area contributed by atoms with Crippen molar-refractivity contribution in [3.8, 4) is 11.5 Å². The van der Waals surface area contributed by atoms with E-state index >= 15 is 0 Å². The van der Waals surface area contributed by atoms with Gasteiger partial charge in [0, 0.05) is 17.3 Å². The minimum atomic E-state index is -1.17. The average molecular weight is 479 g/mol. The Bertz CT molecular complexity index is 1320. The van der Waals surface area contributed by atoms with Crippen LogP contribution in [0.3, 0.4) is 0 Å². The molecule has 0 saturated carbocycles. The zero-order chi connectivity index (χ0) is 25.1. The van der Waals surface area contributed by atoms with Gasteiger partial charge in [0.05, 0.1) is 24.8 Å². The fraction of sp³-hybridized carbons (Fsp3) is 0.185. The van der Waals surface area contributed by atoms with Crippen LogP contribution in [0.4, 0.5) is 14.5 Å². The first-order valence-electron chi connectivity index (χ1n) is 11.1. The van der Waals surface area contributed by atoms with E-state index in [1.165, 1.54) is 6.07 Å². The largest absolute Gasteiger partial charge is 0.507 e. The van der Waals surface area contributed by atoms with Crippen molar-refractivity contribution in [1.29, 1.82) is 0 Å². The van der Waals surface area contributed by atoms with Gasteiger partial charge in [0.2, 0.25) is 0 Å². The first-order chi connectivity index (χ1) is 16.8. The van der Waals surface area contributed by atoms with Crippen molar-refractivity contribution in [3.05, 3.63) is 95.1 Å². The normalized spacial score (nSPS) is 17.0. The van der Waals surface area contributed by atoms with Crippen molar-refractivity contribution in [2.24, 2.45) is 0 Å². The summed E-state index contributed by atoms with van der Waals surface area (Å²) in [6.45, 7) is 4.41. The predicted octanol–water partition coefficient (Wildman–Crippen LogP) is 5.39. The fourth-order valence-corrected chi connectivity index (χ4v) is 4.05. The second kappa shape index (κ2) is 9.97. The minimum Gasteiger partial charge on any atom is -0.507 e. The van der Waals surface area contributed by atoms with Gasteiger partial charge in [-0.25, -0.2) is 8.78 Å². The van der Waals surface area contributed by atoms with E-state index in [1.54, 1.807) is 48.5 Å². The number of amides is 1. The lowest BCUT2D eigenvalue weighted by Gasteiger charge is -2.26. The van der Waals surface area contributed by atoms with Gasteiger partial charge in [-0.15, -0.1) is 0 Å². The molecule has 1 N–H and O–H groups in total. The summed E-state index contributed by atoms with van der Waals surface area (Å²) in [5.41, 5.74) is 0.495. The highest BCUT2D eigenvalue weighted by Gasteiger charge is 2.47. The number of carbonyl (C=O) groups excluding carboxylic acids is 2. The Kier molecular flexibility index (Phi) is 6.82. The Labute approximate surface area is 201 Å². The molecule has 0 aromatic heterocycles. The number of halogens is 2. The van der Waals surface area contributed by atoms with Crippen molar-refractivity contribution in [2.75, 3.05) is 18.1 Å². The van der Waals surface area contributed by atoms with E-state index < -0.39 is 35.1 Å². The molecule has 0 radical (unpaired) electrons. The molecule has 4 rings (SSSR count). The standard InChI is InChI=1S/C27H23F2NO5/c1-3-34-19-9-5-7-16(13-19)24-23(25(31)17-8-6-10-20(14-17)35-4-2)26(32)27(33)30(24)18-11-12-21(28)22(29)15-18/h5-15,24,31H,3-4H2,1-2H3/b25-23+. The van der Waals surface area contributed by atoms with E-state index in [4.69, 9.17) is 9.47 Å². The topological polar surface area (TPSA) is 76.1 Å². The second-order valence-electron chi connectivity index (χ2n) is 7.73. The molecule has 0 bridgehead atoms. The molecule has 1 aliphatic heterocycles. The van der Waals surface area contributed by atoms with Crippen molar-refractivity contribution in [3.63, 3.8) is 0 Å². The number of nitrogens with zero attached hydrogens (tertiary/aromatic N) is 1. The second-order valence-corrected chi connectivity index (χ2v) is 7.73. The number of carbonyl (C=O) groups is 2. The Hall–Kier alpha value is -4.20. The van der Waals surface area contributed by atoms with Crippen molar-refractivity contribution in [1.82, 2.24) is 0 Å². The molecule has 1 amide bonds. The summed E-state index contributed by atoms with van der Waals surface area (Å²) in [6, 6.07) is 15.0. The first kappa shape index (κ1) is 23.9. The van der Waals surface area contributed by atoms with Crippen LogP contribution in [-0.2, 0) is 9.59 Å². The number of ketones is 1. The average Bonchev–Trinajstić information content (AvgIpc) is 3.11. The number of aliphatic hydroxyl groups is 1. The van der Waals surface area contributed by atoms with E-state index in [-0.39, 0.29) is 16.8 Å². The summed E-state index contributed by atoms with van der Waals surface area (Å²) in [5, 5.41) is 11.2. The number of ether oxygens (including phenoxy) is 2. The molecule has 6 nitrogen and oxygen atoms in total. The molecular weight excluding hydrogens is 456 g/mol. The molecule has 0 aliphatic carbocycles. The van der Waals surface area contributed by atoms with E-state index in [2.05, 4.69) is 0 Å². The molecule has 180 valence electrons. The lowest BCUT2D eigenvalue weighted by molar-refractivity contribution is -0.132. The maximum absolute atomic E-state index is 14.1. The van der Waals surface area contributed by atoms with Crippen molar-refractivity contribution in [2.45, 2.75) is 19.9 Å². The minimum absolute atomic E-state index is 0.0278. The van der Waals surface area contributed by atoms with Gasteiger partial charge >= 0.3 is 0 Å². The molecular formula is C27H23F2NO5. The molecule has 1 heterocycles. The van der Waals surface area contributed by atoms with Gasteiger partial charge in [0.25, 0.3) is 11.7 Å². The Morgan fingerprint density at radius 3 is 2.20 bits per heavy atom. The molecule has 1 aliphatic rings. The molecule has 1 unspecified atom stereocenters. The van der Waals surface area contributed by atoms with Gasteiger partial charge in [0.1, 0.15) is 17.3 Å². The molecule has 3 aromatic carbocycles. The predicted molar refractivity (Wildman–Crippen MR) is 126 cm³/mol. The first-order valence-corrected chi connectivity index (χ1v) is 11.1. The summed E-state index contributed by atoms with van der Waals surface area (Å²) in [5.74, 6) is -3.66. The number of anilines is 1. The Morgan fingerprint density at radius 1 is 0.886 bits per heavy atom. The lowest BCUT2D eigenvalue weighted by atomic mass is 9.95. The Morgan fingerprint density at radius 2 is 1.54 bits per heavy atom. The molecule has 0 spiro atoms. The van der Waals surface area contributed by atoms with Crippen LogP contribution in [0.1, 0.15) is 31.0 Å². The highest BCUT2D eigenvalue weighted by molar-refractivity contribution is 6.51. The monoisotopic (exact) mass is 479 g/mol. The number of aliphatic hydroxyl groups excluding tert-OH is 1. The van der Waals surface area contributed by atoms with Crippen molar-refractivity contribution < 1.29 is 33.0 Å². The smallest absolute Gasteiger partial charge is 0.300 e. The number of hydrogen-bond acceptors (Lipinski definition) is 5. The quantitative estimate of drug-likeness (QED) is 0.279. The maximum atomic E-state index is 14.1. The molecule has 1 saturated heterocycles. The van der Waals surface area contributed by atoms with Crippen LogP contribution in [0.2, 0.25) is 0 Å². The van der Waals surface area contributed by atoms with Crippen molar-refractivity contribution >= 4 is 23.1 Å². The SMILES string of the molecule is CCOc1cccc(/C(O)=C2\C(=O)C(=O)N(c3ccc(F)c(F)c3)C2c2cccc(OCC)c2)c1. The van der Waals surface area contributed by atoms with E-state index in [1.807, 2.05) is 13.8 Å². The third-order valence-corrected chi connectivity index (χ3v) is 5.53. The van der Waals surface area contributed by atoms with Gasteiger partial charge in [-0.2, -0.15) is 0 Å². The molecule has 8 heteroatoms. The highest BCUT2D eigenvalue weighted by atomic mass is 19.2. The van der Waals surface area contributed by atoms with Gasteiger partial charge in [-0.1, -0.05) is 24.3 Å². The van der Waals surface area contributed by atoms with E-state index in [9.17, 15) is 23.5 Å². The molecule has 35 heavy (non-hydrogen) atoms. The molecule has 3 aromatic rings. The summed E-state index contributed by atoms with van der Waals surface area (Å²) in [6.07, 6.45) is 0. The fourth-order valence-electron chi connectivity index (χ4n) is 4.05.